The molecule has 1 unspecified atom stereocenters. The number of hydrogen-bond acceptors (Lipinski definition) is 7. The van der Waals surface area contributed by atoms with Crippen LogP contribution >= 0.6 is 34.7 Å². The van der Waals surface area contributed by atoms with Crippen molar-refractivity contribution >= 4 is 45.6 Å². The Morgan fingerprint density at radius 2 is 2.21 bits per heavy atom. The summed E-state index contributed by atoms with van der Waals surface area (Å²) in [5.74, 6) is 1.85. The molecule has 0 bridgehead atoms. The Balaban J connectivity index is 1.40. The molecule has 0 saturated heterocycles. The van der Waals surface area contributed by atoms with Gasteiger partial charge < -0.3 is 10.1 Å². The summed E-state index contributed by atoms with van der Waals surface area (Å²) in [5, 5.41) is 23.3. The molecular formula is C28H32ClN5O2S2. The van der Waals surface area contributed by atoms with E-state index >= 15 is 0 Å². The number of benzene rings is 1. The summed E-state index contributed by atoms with van der Waals surface area (Å²) in [6.45, 7) is 13.3. The predicted octanol–water partition coefficient (Wildman–Crippen LogP) is 6.82. The van der Waals surface area contributed by atoms with Gasteiger partial charge in [-0.1, -0.05) is 50.2 Å². The highest BCUT2D eigenvalue weighted by molar-refractivity contribution is 7.99. The van der Waals surface area contributed by atoms with E-state index in [9.17, 15) is 10.1 Å². The van der Waals surface area contributed by atoms with Crippen molar-refractivity contribution in [2.24, 2.45) is 11.3 Å². The highest BCUT2D eigenvalue weighted by atomic mass is 35.5. The summed E-state index contributed by atoms with van der Waals surface area (Å²) >= 11 is 8.94. The van der Waals surface area contributed by atoms with E-state index in [-0.39, 0.29) is 23.7 Å². The van der Waals surface area contributed by atoms with Crippen LogP contribution < -0.4 is 10.1 Å². The molecule has 200 valence electrons. The Labute approximate surface area is 237 Å². The lowest BCUT2D eigenvalue weighted by molar-refractivity contribution is -0.113. The number of halogens is 1. The Bertz CT molecular complexity index is 1380. The van der Waals surface area contributed by atoms with E-state index < -0.39 is 0 Å². The summed E-state index contributed by atoms with van der Waals surface area (Å²) in [6, 6.07) is 7.81. The predicted molar refractivity (Wildman–Crippen MR) is 154 cm³/mol. The number of aromatic nitrogens is 3. The van der Waals surface area contributed by atoms with Crippen LogP contribution in [0.4, 0.5) is 5.00 Å². The molecule has 0 saturated carbocycles. The van der Waals surface area contributed by atoms with Gasteiger partial charge in [-0.3, -0.25) is 9.36 Å². The fourth-order valence-corrected chi connectivity index (χ4v) is 6.70. The second kappa shape index (κ2) is 11.9. The molecule has 38 heavy (non-hydrogen) atoms. The molecule has 3 aromatic rings. The summed E-state index contributed by atoms with van der Waals surface area (Å²) in [7, 11) is 0. The molecule has 1 aliphatic carbocycles. The van der Waals surface area contributed by atoms with Crippen molar-refractivity contribution in [1.82, 2.24) is 14.8 Å². The van der Waals surface area contributed by atoms with Gasteiger partial charge in [0.05, 0.1) is 11.3 Å². The quantitative estimate of drug-likeness (QED) is 0.224. The van der Waals surface area contributed by atoms with E-state index in [0.717, 1.165) is 30.4 Å². The van der Waals surface area contributed by atoms with Crippen molar-refractivity contribution in [2.45, 2.75) is 65.3 Å². The maximum atomic E-state index is 12.9. The minimum atomic E-state index is -0.180. The average molecular weight is 570 g/mol. The maximum absolute atomic E-state index is 12.9. The van der Waals surface area contributed by atoms with Crippen molar-refractivity contribution < 1.29 is 9.53 Å². The monoisotopic (exact) mass is 569 g/mol. The number of carbonyl (C=O) groups is 1. The van der Waals surface area contributed by atoms with E-state index in [0.29, 0.717) is 44.8 Å². The molecule has 1 N–H and O–H groups in total. The van der Waals surface area contributed by atoms with Gasteiger partial charge in [0.2, 0.25) is 5.91 Å². The molecule has 4 rings (SSSR count). The van der Waals surface area contributed by atoms with Crippen molar-refractivity contribution in [3.8, 4) is 11.8 Å². The molecule has 10 heteroatoms. The molecule has 0 fully saturated rings. The average Bonchev–Trinajstić information content (AvgIpc) is 3.42. The van der Waals surface area contributed by atoms with Crippen molar-refractivity contribution in [2.75, 3.05) is 11.1 Å². The lowest BCUT2D eigenvalue weighted by atomic mass is 9.72. The molecule has 1 amide bonds. The van der Waals surface area contributed by atoms with Gasteiger partial charge in [0.1, 0.15) is 23.4 Å². The molecule has 0 aliphatic heterocycles. The van der Waals surface area contributed by atoms with Gasteiger partial charge in [-0.15, -0.1) is 28.1 Å². The first-order valence-electron chi connectivity index (χ1n) is 12.5. The number of fused-ring (bicyclic) bond motifs is 1. The van der Waals surface area contributed by atoms with Gasteiger partial charge in [-0.2, -0.15) is 5.26 Å². The lowest BCUT2D eigenvalue weighted by Gasteiger charge is -2.33. The molecule has 0 radical (unpaired) electrons. The maximum Gasteiger partial charge on any atom is 0.235 e. The van der Waals surface area contributed by atoms with Gasteiger partial charge in [-0.05, 0) is 66.8 Å². The number of nitriles is 1. The van der Waals surface area contributed by atoms with Crippen LogP contribution in [0.1, 0.15) is 54.6 Å². The van der Waals surface area contributed by atoms with Crippen LogP contribution in [0.15, 0.2) is 36.0 Å². The number of nitrogens with zero attached hydrogens (tertiary/aromatic N) is 4. The molecule has 2 aromatic heterocycles. The Morgan fingerprint density at radius 3 is 2.89 bits per heavy atom. The Morgan fingerprint density at radius 1 is 1.42 bits per heavy atom. The number of carbonyl (C=O) groups excluding carboxylic acids is 1. The van der Waals surface area contributed by atoms with Crippen LogP contribution in [0, 0.1) is 29.6 Å². The minimum Gasteiger partial charge on any atom is -0.486 e. The Hall–Kier alpha value is -2.80. The number of allylic oxidation sites excluding steroid dienone is 1. The summed E-state index contributed by atoms with van der Waals surface area (Å²) < 4.78 is 7.77. The summed E-state index contributed by atoms with van der Waals surface area (Å²) in [6.07, 6.45) is 4.65. The van der Waals surface area contributed by atoms with E-state index in [1.54, 1.807) is 23.5 Å². The number of thiophene rings is 1. The molecule has 1 aromatic carbocycles. The van der Waals surface area contributed by atoms with Crippen molar-refractivity contribution in [3.63, 3.8) is 0 Å². The fourth-order valence-electron chi connectivity index (χ4n) is 4.52. The summed E-state index contributed by atoms with van der Waals surface area (Å²) in [4.78, 5) is 14.1. The normalized spacial score (nSPS) is 15.0. The standard InChI is InChI=1S/C28H32ClN5O2S2/c1-6-11-34-24(15-36-19-8-10-22(29)17(2)12-19)32-33-27(34)37-16-25(35)31-26-21(14-30)20-9-7-18(28(3,4)5)13-23(20)38-26/h6,8,10,12,18H,1,7,9,11,13,15-16H2,2-5H3,(H,31,35). The van der Waals surface area contributed by atoms with E-state index in [1.807, 2.05) is 23.6 Å². The third-order valence-corrected chi connectivity index (χ3v) is 9.35. The smallest absolute Gasteiger partial charge is 0.235 e. The first-order valence-corrected chi connectivity index (χ1v) is 14.7. The van der Waals surface area contributed by atoms with Crippen LogP contribution in [0.3, 0.4) is 0 Å². The zero-order valence-corrected chi connectivity index (χ0v) is 24.5. The second-order valence-corrected chi connectivity index (χ2v) is 12.9. The van der Waals surface area contributed by atoms with Crippen molar-refractivity contribution in [1.29, 1.82) is 5.26 Å². The number of amides is 1. The largest absolute Gasteiger partial charge is 0.486 e. The van der Waals surface area contributed by atoms with Crippen LogP contribution in [-0.4, -0.2) is 26.4 Å². The van der Waals surface area contributed by atoms with Gasteiger partial charge in [0, 0.05) is 16.4 Å². The van der Waals surface area contributed by atoms with Gasteiger partial charge >= 0.3 is 0 Å². The molecule has 1 atom stereocenters. The molecule has 7 nitrogen and oxygen atoms in total. The molecular weight excluding hydrogens is 538 g/mol. The molecule has 1 aliphatic rings. The number of nitrogens with one attached hydrogen (secondary N) is 1. The number of thioether (sulfide) groups is 1. The van der Waals surface area contributed by atoms with Crippen LogP contribution in [0.25, 0.3) is 0 Å². The summed E-state index contributed by atoms with van der Waals surface area (Å²) in [5.41, 5.74) is 2.86. The zero-order valence-electron chi connectivity index (χ0n) is 22.1. The molecule has 0 spiro atoms. The number of hydrogen-bond donors (Lipinski definition) is 1. The topological polar surface area (TPSA) is 92.8 Å². The third-order valence-electron chi connectivity index (χ3n) is 6.79. The highest BCUT2D eigenvalue weighted by Gasteiger charge is 2.32. The number of anilines is 1. The zero-order chi connectivity index (χ0) is 27.4. The third kappa shape index (κ3) is 6.42. The molecule has 2 heterocycles. The number of ether oxygens (including phenoxy) is 1. The number of rotatable bonds is 9. The first-order chi connectivity index (χ1) is 18.1. The SMILES string of the molecule is C=CCn1c(COc2ccc(Cl)c(C)c2)nnc1SCC(=O)Nc1sc2c(c1C#N)CCC(C(C)(C)C)C2. The van der Waals surface area contributed by atoms with Crippen molar-refractivity contribution in [3.05, 3.63) is 63.3 Å². The van der Waals surface area contributed by atoms with E-state index in [4.69, 9.17) is 16.3 Å². The minimum absolute atomic E-state index is 0.143. The first kappa shape index (κ1) is 28.2. The van der Waals surface area contributed by atoms with E-state index in [1.165, 1.54) is 16.6 Å². The lowest BCUT2D eigenvalue weighted by Crippen LogP contribution is -2.26. The second-order valence-electron chi connectivity index (χ2n) is 10.5. The van der Waals surface area contributed by atoms with Gasteiger partial charge in [0.25, 0.3) is 0 Å². The van der Waals surface area contributed by atoms with Crippen LogP contribution in [0.5, 0.6) is 5.75 Å². The number of aryl methyl sites for hydroxylation is 1. The van der Waals surface area contributed by atoms with Gasteiger partial charge in [-0.25, -0.2) is 0 Å². The van der Waals surface area contributed by atoms with E-state index in [2.05, 4.69) is 48.9 Å². The highest BCUT2D eigenvalue weighted by Crippen LogP contribution is 2.44. The van der Waals surface area contributed by atoms with Gasteiger partial charge in [0.15, 0.2) is 11.0 Å². The Kier molecular flexibility index (Phi) is 8.86. The fraction of sp³-hybridized carbons (Fsp3) is 0.429. The van der Waals surface area contributed by atoms with Crippen LogP contribution in [0.2, 0.25) is 5.02 Å². The van der Waals surface area contributed by atoms with Crippen LogP contribution in [-0.2, 0) is 30.8 Å².